The van der Waals surface area contributed by atoms with E-state index in [4.69, 9.17) is 0 Å². The highest BCUT2D eigenvalue weighted by molar-refractivity contribution is 14.1. The smallest absolute Gasteiger partial charge is 0.00642 e. The second-order valence-corrected chi connectivity index (χ2v) is 3.56. The molecule has 2 aliphatic rings. The zero-order chi connectivity index (χ0) is 5.56. The fraction of sp³-hybridized carbons (Fsp3) is 0.714. The fourth-order valence-electron chi connectivity index (χ4n) is 1.17. The van der Waals surface area contributed by atoms with E-state index in [1.165, 1.54) is 23.7 Å². The van der Waals surface area contributed by atoms with E-state index in [9.17, 15) is 0 Å². The van der Waals surface area contributed by atoms with Gasteiger partial charge in [-0.2, -0.15) is 0 Å². The molecule has 0 aromatic heterocycles. The first-order chi connectivity index (χ1) is 3.92. The van der Waals surface area contributed by atoms with E-state index in [1.54, 1.807) is 5.57 Å². The van der Waals surface area contributed by atoms with Crippen molar-refractivity contribution in [3.8, 4) is 0 Å². The Morgan fingerprint density at radius 1 is 1.50 bits per heavy atom. The Kier molecular flexibility index (Phi) is 1.14. The molecule has 0 amide bonds. The lowest BCUT2D eigenvalue weighted by atomic mass is 10.4. The van der Waals surface area contributed by atoms with Crippen molar-refractivity contribution in [3.05, 3.63) is 11.1 Å². The van der Waals surface area contributed by atoms with Crippen LogP contribution in [0.5, 0.6) is 0 Å². The van der Waals surface area contributed by atoms with E-state index in [1.807, 2.05) is 5.57 Å². The van der Waals surface area contributed by atoms with Crippen LogP contribution in [0.3, 0.4) is 0 Å². The van der Waals surface area contributed by atoms with Crippen molar-refractivity contribution in [1.82, 2.24) is 0 Å². The summed E-state index contributed by atoms with van der Waals surface area (Å²) in [5.74, 6) is 1.02. The van der Waals surface area contributed by atoms with Crippen molar-refractivity contribution in [2.45, 2.75) is 19.3 Å². The van der Waals surface area contributed by atoms with E-state index in [0.717, 1.165) is 5.92 Å². The Labute approximate surface area is 63.5 Å². The molecule has 1 unspecified atom stereocenters. The Bertz CT molecular complexity index is 140. The molecule has 8 heavy (non-hydrogen) atoms. The van der Waals surface area contributed by atoms with Crippen LogP contribution in [0.2, 0.25) is 0 Å². The summed E-state index contributed by atoms with van der Waals surface area (Å²) in [5.41, 5.74) is 3.62. The van der Waals surface area contributed by atoms with Crippen molar-refractivity contribution in [1.29, 1.82) is 0 Å². The standard InChI is InChI=1S/C7H9I/c8-4-6-3-7(6)5-1-2-5/h6H,1-4H2. The third-order valence-corrected chi connectivity index (χ3v) is 3.00. The van der Waals surface area contributed by atoms with Crippen molar-refractivity contribution in [2.75, 3.05) is 4.43 Å². The number of allylic oxidation sites excluding steroid dienone is 2. The largest absolute Gasteiger partial charge is 0.0857 e. The summed E-state index contributed by atoms with van der Waals surface area (Å²) in [6.45, 7) is 0. The number of hydrogen-bond acceptors (Lipinski definition) is 0. The lowest BCUT2D eigenvalue weighted by molar-refractivity contribution is 1.06. The molecule has 0 saturated heterocycles. The van der Waals surface area contributed by atoms with Gasteiger partial charge in [0.15, 0.2) is 0 Å². The first kappa shape index (κ1) is 5.27. The minimum Gasteiger partial charge on any atom is -0.0857 e. The molecule has 0 nitrogen and oxygen atoms in total. The van der Waals surface area contributed by atoms with Gasteiger partial charge in [-0.1, -0.05) is 33.7 Å². The van der Waals surface area contributed by atoms with Gasteiger partial charge >= 0.3 is 0 Å². The molecular formula is C7H9I. The minimum atomic E-state index is 1.02. The molecular weight excluding hydrogens is 211 g/mol. The average molecular weight is 220 g/mol. The van der Waals surface area contributed by atoms with Crippen LogP contribution in [0.25, 0.3) is 0 Å². The highest BCUT2D eigenvalue weighted by Crippen LogP contribution is 2.49. The molecule has 0 N–H and O–H groups in total. The molecule has 0 aromatic carbocycles. The van der Waals surface area contributed by atoms with Gasteiger partial charge in [0.1, 0.15) is 0 Å². The maximum atomic E-state index is 2.48. The number of alkyl halides is 1. The summed E-state index contributed by atoms with van der Waals surface area (Å²) in [4.78, 5) is 0. The normalized spacial score (nSPS) is 33.4. The third kappa shape index (κ3) is 0.809. The van der Waals surface area contributed by atoms with Gasteiger partial charge in [-0.15, -0.1) is 0 Å². The van der Waals surface area contributed by atoms with Gasteiger partial charge in [0.2, 0.25) is 0 Å². The first-order valence-corrected chi connectivity index (χ1v) is 4.71. The van der Waals surface area contributed by atoms with Crippen LogP contribution in [0.15, 0.2) is 11.1 Å². The maximum Gasteiger partial charge on any atom is 0.00642 e. The molecule has 0 aliphatic heterocycles. The quantitative estimate of drug-likeness (QED) is 0.362. The summed E-state index contributed by atoms with van der Waals surface area (Å²) in [7, 11) is 0. The van der Waals surface area contributed by atoms with Gasteiger partial charge in [-0.3, -0.25) is 0 Å². The molecule has 1 atom stereocenters. The van der Waals surface area contributed by atoms with Crippen LogP contribution in [0, 0.1) is 5.92 Å². The molecule has 0 heterocycles. The van der Waals surface area contributed by atoms with Gasteiger partial charge in [0.25, 0.3) is 0 Å². The van der Waals surface area contributed by atoms with E-state index in [-0.39, 0.29) is 0 Å². The SMILES string of the molecule is ICC1CC1=C1CC1. The molecule has 2 saturated carbocycles. The van der Waals surface area contributed by atoms with Gasteiger partial charge < -0.3 is 0 Å². The fourth-order valence-corrected chi connectivity index (χ4v) is 2.01. The summed E-state index contributed by atoms with van der Waals surface area (Å²) < 4.78 is 1.36. The second kappa shape index (κ2) is 1.72. The summed E-state index contributed by atoms with van der Waals surface area (Å²) >= 11 is 2.48. The molecule has 2 rings (SSSR count). The van der Waals surface area contributed by atoms with Gasteiger partial charge in [-0.25, -0.2) is 0 Å². The first-order valence-electron chi connectivity index (χ1n) is 3.18. The Morgan fingerprint density at radius 2 is 2.25 bits per heavy atom. The Balaban J connectivity index is 2.05. The molecule has 0 aromatic rings. The van der Waals surface area contributed by atoms with Gasteiger partial charge in [0, 0.05) is 4.43 Å². The Morgan fingerprint density at radius 3 is 2.62 bits per heavy atom. The van der Waals surface area contributed by atoms with Crippen LogP contribution in [-0.2, 0) is 0 Å². The van der Waals surface area contributed by atoms with E-state index in [0.29, 0.717) is 0 Å². The van der Waals surface area contributed by atoms with Crippen molar-refractivity contribution >= 4 is 22.6 Å². The van der Waals surface area contributed by atoms with Gasteiger partial charge in [0.05, 0.1) is 0 Å². The van der Waals surface area contributed by atoms with E-state index >= 15 is 0 Å². The molecule has 0 spiro atoms. The van der Waals surface area contributed by atoms with Crippen molar-refractivity contribution in [3.63, 3.8) is 0 Å². The van der Waals surface area contributed by atoms with Crippen molar-refractivity contribution < 1.29 is 0 Å². The zero-order valence-corrected chi connectivity index (χ0v) is 6.94. The van der Waals surface area contributed by atoms with E-state index < -0.39 is 0 Å². The lowest BCUT2D eigenvalue weighted by Crippen LogP contribution is -1.69. The molecule has 0 radical (unpaired) electrons. The molecule has 1 heteroatoms. The minimum absolute atomic E-state index is 1.02. The van der Waals surface area contributed by atoms with Crippen LogP contribution in [-0.4, -0.2) is 4.43 Å². The highest BCUT2D eigenvalue weighted by Gasteiger charge is 2.34. The molecule has 44 valence electrons. The number of hydrogen-bond donors (Lipinski definition) is 0. The topological polar surface area (TPSA) is 0 Å². The third-order valence-electron chi connectivity index (χ3n) is 1.94. The van der Waals surface area contributed by atoms with Crippen LogP contribution in [0.4, 0.5) is 0 Å². The van der Waals surface area contributed by atoms with E-state index in [2.05, 4.69) is 22.6 Å². The van der Waals surface area contributed by atoms with Gasteiger partial charge in [-0.05, 0) is 25.2 Å². The average Bonchev–Trinajstić information content (AvgIpc) is 2.62. The number of halogens is 1. The zero-order valence-electron chi connectivity index (χ0n) is 4.78. The summed E-state index contributed by atoms with van der Waals surface area (Å²) in [6.07, 6.45) is 4.31. The van der Waals surface area contributed by atoms with Crippen LogP contribution >= 0.6 is 22.6 Å². The summed E-state index contributed by atoms with van der Waals surface area (Å²) in [6, 6.07) is 0. The monoisotopic (exact) mass is 220 g/mol. The van der Waals surface area contributed by atoms with Crippen LogP contribution in [0.1, 0.15) is 19.3 Å². The number of rotatable bonds is 1. The molecule has 0 bridgehead atoms. The summed E-state index contributed by atoms with van der Waals surface area (Å²) in [5, 5.41) is 0. The van der Waals surface area contributed by atoms with Crippen molar-refractivity contribution in [2.24, 2.45) is 5.92 Å². The predicted octanol–water partition coefficient (Wildman–Crippen LogP) is 2.53. The predicted molar refractivity (Wildman–Crippen MR) is 43.3 cm³/mol. The van der Waals surface area contributed by atoms with Crippen LogP contribution < -0.4 is 0 Å². The second-order valence-electron chi connectivity index (χ2n) is 2.68. The highest BCUT2D eigenvalue weighted by atomic mass is 127. The lowest BCUT2D eigenvalue weighted by Gasteiger charge is -1.75. The molecule has 2 fully saturated rings. The molecule has 2 aliphatic carbocycles. The maximum absolute atomic E-state index is 2.48. The Hall–Kier alpha value is 0.470.